The number of rotatable bonds is 3. The van der Waals surface area contributed by atoms with E-state index in [1.54, 1.807) is 26.4 Å². The number of anilines is 1. The van der Waals surface area contributed by atoms with E-state index < -0.39 is 5.41 Å². The van der Waals surface area contributed by atoms with Gasteiger partial charge in [-0.2, -0.15) is 0 Å². The van der Waals surface area contributed by atoms with E-state index in [0.717, 1.165) is 5.56 Å². The number of amides is 1. The zero-order valence-corrected chi connectivity index (χ0v) is 14.1. The summed E-state index contributed by atoms with van der Waals surface area (Å²) in [6.45, 7) is 0.660. The summed E-state index contributed by atoms with van der Waals surface area (Å²) in [6, 6.07) is 9.72. The Bertz CT molecular complexity index is 832. The minimum Gasteiger partial charge on any atom is -0.497 e. The van der Waals surface area contributed by atoms with E-state index in [1.165, 1.54) is 12.1 Å². The van der Waals surface area contributed by atoms with Crippen molar-refractivity contribution in [2.45, 2.75) is 17.9 Å². The number of carbonyl (C=O) groups excluding carboxylic acids is 1. The first kappa shape index (κ1) is 15.9. The fraction of sp³-hybridized carbons (Fsp3) is 0.316. The summed E-state index contributed by atoms with van der Waals surface area (Å²) in [6.07, 6.45) is 0.597. The number of carbonyl (C=O) groups is 1. The highest BCUT2D eigenvalue weighted by molar-refractivity contribution is 6.07. The fourth-order valence-corrected chi connectivity index (χ4v) is 4.02. The molecule has 2 heterocycles. The molecule has 0 bridgehead atoms. The summed E-state index contributed by atoms with van der Waals surface area (Å²) in [7, 11) is 3.17. The number of nitrogens with one attached hydrogen (secondary N) is 2. The van der Waals surface area contributed by atoms with Crippen molar-refractivity contribution in [3.05, 3.63) is 53.3 Å². The van der Waals surface area contributed by atoms with Crippen LogP contribution in [-0.4, -0.2) is 26.7 Å². The lowest BCUT2D eigenvalue weighted by Crippen LogP contribution is -2.39. The van der Waals surface area contributed by atoms with E-state index in [-0.39, 0.29) is 17.8 Å². The number of hydrogen-bond acceptors (Lipinski definition) is 4. The molecule has 1 saturated heterocycles. The van der Waals surface area contributed by atoms with Gasteiger partial charge in [0.1, 0.15) is 17.3 Å². The van der Waals surface area contributed by atoms with Gasteiger partial charge in [0, 0.05) is 11.8 Å². The van der Waals surface area contributed by atoms with Crippen molar-refractivity contribution in [2.75, 3.05) is 26.1 Å². The Morgan fingerprint density at radius 1 is 1.12 bits per heavy atom. The SMILES string of the molecule is COc1cc(OC)cc([C@H]2NCC[C@]23C(=O)Nc2ccc(F)cc23)c1. The van der Waals surface area contributed by atoms with E-state index in [0.29, 0.717) is 35.7 Å². The Kier molecular flexibility index (Phi) is 3.65. The first-order valence-corrected chi connectivity index (χ1v) is 8.16. The zero-order valence-electron chi connectivity index (χ0n) is 14.1. The molecule has 0 unspecified atom stereocenters. The Morgan fingerprint density at radius 2 is 1.84 bits per heavy atom. The van der Waals surface area contributed by atoms with Crippen LogP contribution >= 0.6 is 0 Å². The number of fused-ring (bicyclic) bond motifs is 2. The van der Waals surface area contributed by atoms with Gasteiger partial charge in [-0.25, -0.2) is 4.39 Å². The van der Waals surface area contributed by atoms with Crippen molar-refractivity contribution in [3.63, 3.8) is 0 Å². The number of benzene rings is 2. The van der Waals surface area contributed by atoms with Crippen molar-refractivity contribution in [3.8, 4) is 11.5 Å². The lowest BCUT2D eigenvalue weighted by Gasteiger charge is -2.30. The van der Waals surface area contributed by atoms with Crippen LogP contribution in [0.4, 0.5) is 10.1 Å². The van der Waals surface area contributed by atoms with Crippen LogP contribution in [0.1, 0.15) is 23.6 Å². The quantitative estimate of drug-likeness (QED) is 0.900. The minimum atomic E-state index is -0.838. The summed E-state index contributed by atoms with van der Waals surface area (Å²) < 4.78 is 24.6. The van der Waals surface area contributed by atoms with Crippen LogP contribution in [-0.2, 0) is 10.2 Å². The molecular weight excluding hydrogens is 323 g/mol. The first-order chi connectivity index (χ1) is 12.1. The van der Waals surface area contributed by atoms with Crippen LogP contribution in [0.5, 0.6) is 11.5 Å². The molecule has 2 aliphatic heterocycles. The molecule has 6 heteroatoms. The van der Waals surface area contributed by atoms with Gasteiger partial charge in [0.2, 0.25) is 5.91 Å². The molecular formula is C19H19FN2O3. The predicted molar refractivity (Wildman–Crippen MR) is 91.6 cm³/mol. The summed E-state index contributed by atoms with van der Waals surface area (Å²) >= 11 is 0. The molecule has 0 radical (unpaired) electrons. The van der Waals surface area contributed by atoms with Crippen LogP contribution in [0.25, 0.3) is 0 Å². The van der Waals surface area contributed by atoms with Crippen molar-refractivity contribution in [1.82, 2.24) is 5.32 Å². The normalized spacial score (nSPS) is 24.3. The van der Waals surface area contributed by atoms with Gasteiger partial charge in [-0.1, -0.05) is 0 Å². The molecule has 5 nitrogen and oxygen atoms in total. The molecule has 4 rings (SSSR count). The molecule has 2 N–H and O–H groups in total. The molecule has 2 aromatic rings. The highest BCUT2D eigenvalue weighted by atomic mass is 19.1. The summed E-state index contributed by atoms with van der Waals surface area (Å²) in [4.78, 5) is 12.9. The Morgan fingerprint density at radius 3 is 2.52 bits per heavy atom. The van der Waals surface area contributed by atoms with Crippen LogP contribution in [0.2, 0.25) is 0 Å². The van der Waals surface area contributed by atoms with Gasteiger partial charge in [-0.05, 0) is 54.4 Å². The third kappa shape index (κ3) is 2.28. The first-order valence-electron chi connectivity index (χ1n) is 8.16. The number of hydrogen-bond donors (Lipinski definition) is 2. The number of halogens is 1. The predicted octanol–water partition coefficient (Wildman–Crippen LogP) is 2.77. The molecule has 0 aliphatic carbocycles. The van der Waals surface area contributed by atoms with E-state index in [2.05, 4.69) is 10.6 Å². The lowest BCUT2D eigenvalue weighted by molar-refractivity contribution is -0.121. The molecule has 1 fully saturated rings. The molecule has 1 amide bonds. The number of ether oxygens (including phenoxy) is 2. The fourth-order valence-electron chi connectivity index (χ4n) is 4.02. The van der Waals surface area contributed by atoms with E-state index in [1.807, 2.05) is 12.1 Å². The number of methoxy groups -OCH3 is 2. The van der Waals surface area contributed by atoms with E-state index >= 15 is 0 Å². The third-order valence-corrected chi connectivity index (χ3v) is 5.18. The van der Waals surface area contributed by atoms with Crippen molar-refractivity contribution >= 4 is 11.6 Å². The van der Waals surface area contributed by atoms with Crippen LogP contribution in [0, 0.1) is 5.82 Å². The molecule has 130 valence electrons. The van der Waals surface area contributed by atoms with Crippen molar-refractivity contribution < 1.29 is 18.7 Å². The monoisotopic (exact) mass is 342 g/mol. The maximum absolute atomic E-state index is 13.9. The Hall–Kier alpha value is -2.60. The highest BCUT2D eigenvalue weighted by Crippen LogP contribution is 2.51. The van der Waals surface area contributed by atoms with Gasteiger partial charge < -0.3 is 20.1 Å². The zero-order chi connectivity index (χ0) is 17.6. The van der Waals surface area contributed by atoms with Crippen molar-refractivity contribution in [2.24, 2.45) is 0 Å². The molecule has 1 spiro atoms. The standard InChI is InChI=1S/C19H19FN2O3/c1-24-13-7-11(8-14(10-13)25-2)17-19(5-6-21-17)15-9-12(20)3-4-16(15)22-18(19)23/h3-4,7-10,17,21H,5-6H2,1-2H3,(H,22,23)/t17-,19-/m1/s1. The molecule has 0 aromatic heterocycles. The highest BCUT2D eigenvalue weighted by Gasteiger charge is 2.55. The Balaban J connectivity index is 1.87. The summed E-state index contributed by atoms with van der Waals surface area (Å²) in [5.41, 5.74) is 1.42. The van der Waals surface area contributed by atoms with Crippen molar-refractivity contribution in [1.29, 1.82) is 0 Å². The maximum Gasteiger partial charge on any atom is 0.237 e. The second kappa shape index (κ2) is 5.74. The Labute approximate surface area is 145 Å². The van der Waals surface area contributed by atoms with Crippen LogP contribution < -0.4 is 20.1 Å². The summed E-state index contributed by atoms with van der Waals surface area (Å²) in [5.74, 6) is 0.848. The van der Waals surface area contributed by atoms with Gasteiger partial charge in [-0.15, -0.1) is 0 Å². The van der Waals surface area contributed by atoms with Gasteiger partial charge in [0.25, 0.3) is 0 Å². The average molecular weight is 342 g/mol. The largest absolute Gasteiger partial charge is 0.497 e. The molecule has 2 aromatic carbocycles. The minimum absolute atomic E-state index is 0.107. The molecule has 2 aliphatic rings. The van der Waals surface area contributed by atoms with Crippen LogP contribution in [0.3, 0.4) is 0 Å². The van der Waals surface area contributed by atoms with Gasteiger partial charge in [0.05, 0.1) is 25.7 Å². The third-order valence-electron chi connectivity index (χ3n) is 5.18. The molecule has 25 heavy (non-hydrogen) atoms. The van der Waals surface area contributed by atoms with Gasteiger partial charge in [-0.3, -0.25) is 4.79 Å². The second-order valence-corrected chi connectivity index (χ2v) is 6.40. The second-order valence-electron chi connectivity index (χ2n) is 6.40. The average Bonchev–Trinajstić information content (AvgIpc) is 3.18. The molecule has 2 atom stereocenters. The van der Waals surface area contributed by atoms with Gasteiger partial charge >= 0.3 is 0 Å². The topological polar surface area (TPSA) is 59.6 Å². The van der Waals surface area contributed by atoms with E-state index in [4.69, 9.17) is 9.47 Å². The van der Waals surface area contributed by atoms with E-state index in [9.17, 15) is 9.18 Å². The lowest BCUT2D eigenvalue weighted by atomic mass is 9.73. The van der Waals surface area contributed by atoms with Gasteiger partial charge in [0.15, 0.2) is 0 Å². The smallest absolute Gasteiger partial charge is 0.237 e. The maximum atomic E-state index is 13.9. The van der Waals surface area contributed by atoms with Crippen LogP contribution in [0.15, 0.2) is 36.4 Å². The molecule has 0 saturated carbocycles. The summed E-state index contributed by atoms with van der Waals surface area (Å²) in [5, 5.41) is 6.31.